The van der Waals surface area contributed by atoms with Crippen molar-refractivity contribution in [3.8, 4) is 11.1 Å². The van der Waals surface area contributed by atoms with Crippen LogP contribution >= 0.6 is 0 Å². The van der Waals surface area contributed by atoms with E-state index in [1.807, 2.05) is 0 Å². The quantitative estimate of drug-likeness (QED) is 0.176. The van der Waals surface area contributed by atoms with Crippen LogP contribution in [0.4, 0.5) is 28.4 Å². The Kier molecular flexibility index (Phi) is 7.98. The molecule has 62 heavy (non-hydrogen) atoms. The fraction of sp³-hybridized carbons (Fsp3) is 0.172. The molecule has 9 aromatic rings. The third-order valence-corrected chi connectivity index (χ3v) is 14.6. The van der Waals surface area contributed by atoms with Crippen LogP contribution in [0, 0.1) is 6.92 Å². The molecule has 2 aliphatic heterocycles. The minimum Gasteiger partial charge on any atom is -0.455 e. The van der Waals surface area contributed by atoms with Gasteiger partial charge in [0.25, 0.3) is 0 Å². The molecule has 0 saturated heterocycles. The topological polar surface area (TPSA) is 28.4 Å². The van der Waals surface area contributed by atoms with Crippen LogP contribution in [0.2, 0.25) is 0 Å². The average Bonchev–Trinajstić information content (AvgIpc) is 3.67. The van der Waals surface area contributed by atoms with E-state index in [2.05, 4.69) is 215 Å². The highest BCUT2D eigenvalue weighted by Crippen LogP contribution is 2.58. The molecule has 1 N–H and O–H groups in total. The molecule has 3 aliphatic rings. The average molecular weight is 801 g/mol. The van der Waals surface area contributed by atoms with E-state index in [9.17, 15) is 0 Å². The van der Waals surface area contributed by atoms with E-state index in [4.69, 9.17) is 4.42 Å². The van der Waals surface area contributed by atoms with E-state index in [1.54, 1.807) is 0 Å². The molecule has 0 amide bonds. The number of hydrogen-bond donors (Lipinski definition) is 1. The second-order valence-electron chi connectivity index (χ2n) is 19.3. The molecular formula is C58H49BN2O. The molecule has 0 fully saturated rings. The summed E-state index contributed by atoms with van der Waals surface area (Å²) in [6.45, 7) is 11.9. The first-order chi connectivity index (χ1) is 30.1. The Morgan fingerprint density at radius 2 is 1.24 bits per heavy atom. The van der Waals surface area contributed by atoms with Gasteiger partial charge < -0.3 is 14.6 Å². The monoisotopic (exact) mass is 800 g/mol. The molecule has 0 saturated carbocycles. The van der Waals surface area contributed by atoms with Crippen LogP contribution in [0.25, 0.3) is 33.1 Å². The summed E-state index contributed by atoms with van der Waals surface area (Å²) in [4.78, 5) is 2.58. The summed E-state index contributed by atoms with van der Waals surface area (Å²) >= 11 is 0. The van der Waals surface area contributed by atoms with Crippen LogP contribution in [-0.4, -0.2) is 7.28 Å². The number of aryl methyl sites for hydroxylation is 1. The number of nitrogens with zero attached hydrogens (tertiary/aromatic N) is 1. The minimum absolute atomic E-state index is 0.0965. The SMILES string of the molecule is Cc1cc(-c2c(Nc3ccc4c(c3)C(C)(C)CCC4(C)C)ccc3c2oc2ccccc23)c2c(c1)N1c3ccccc3C(c3ccccc3)(c3ccccc3)c3cccc(c31)B2. The van der Waals surface area contributed by atoms with E-state index < -0.39 is 5.41 Å². The van der Waals surface area contributed by atoms with E-state index in [1.165, 1.54) is 85.3 Å². The Balaban J connectivity index is 1.11. The third-order valence-electron chi connectivity index (χ3n) is 14.6. The minimum atomic E-state index is -0.513. The largest absolute Gasteiger partial charge is 0.455 e. The third kappa shape index (κ3) is 5.25. The van der Waals surface area contributed by atoms with Crippen molar-refractivity contribution in [2.24, 2.45) is 0 Å². The molecule has 0 spiro atoms. The van der Waals surface area contributed by atoms with E-state index in [0.29, 0.717) is 0 Å². The molecule has 0 bridgehead atoms. The Morgan fingerprint density at radius 3 is 2.02 bits per heavy atom. The maximum atomic E-state index is 6.98. The van der Waals surface area contributed by atoms with Crippen LogP contribution in [0.1, 0.15) is 79.5 Å². The van der Waals surface area contributed by atoms with Crippen molar-refractivity contribution in [3.05, 3.63) is 209 Å². The summed E-state index contributed by atoms with van der Waals surface area (Å²) in [5.41, 5.74) is 21.5. The first-order valence-electron chi connectivity index (χ1n) is 22.3. The zero-order valence-electron chi connectivity index (χ0n) is 36.1. The number of nitrogens with one attached hydrogen (secondary N) is 1. The Bertz CT molecular complexity index is 3230. The van der Waals surface area contributed by atoms with Crippen LogP contribution in [0.5, 0.6) is 0 Å². The van der Waals surface area contributed by atoms with Crippen molar-refractivity contribution in [2.75, 3.05) is 10.2 Å². The summed E-state index contributed by atoms with van der Waals surface area (Å²) < 4.78 is 6.98. The van der Waals surface area contributed by atoms with Gasteiger partial charge >= 0.3 is 0 Å². The number of fused-ring (bicyclic) bond motifs is 8. The van der Waals surface area contributed by atoms with Gasteiger partial charge in [0.15, 0.2) is 7.28 Å². The summed E-state index contributed by atoms with van der Waals surface area (Å²) in [7, 11) is 0.782. The zero-order chi connectivity index (χ0) is 42.0. The van der Waals surface area contributed by atoms with Gasteiger partial charge in [0.1, 0.15) is 11.2 Å². The summed E-state index contributed by atoms with van der Waals surface area (Å²) in [5, 5.41) is 6.26. The summed E-state index contributed by atoms with van der Waals surface area (Å²) in [5.74, 6) is 0. The van der Waals surface area contributed by atoms with Gasteiger partial charge in [0, 0.05) is 33.4 Å². The van der Waals surface area contributed by atoms with Crippen LogP contribution in [0.3, 0.4) is 0 Å². The fourth-order valence-corrected chi connectivity index (χ4v) is 11.5. The van der Waals surface area contributed by atoms with Gasteiger partial charge in [0.2, 0.25) is 0 Å². The summed E-state index contributed by atoms with van der Waals surface area (Å²) in [6.07, 6.45) is 2.36. The predicted octanol–water partition coefficient (Wildman–Crippen LogP) is 13.5. The highest BCUT2D eigenvalue weighted by Gasteiger charge is 2.48. The lowest BCUT2D eigenvalue weighted by atomic mass is 9.54. The number of hydrogen-bond acceptors (Lipinski definition) is 3. The van der Waals surface area contributed by atoms with Crippen molar-refractivity contribution in [1.29, 1.82) is 0 Å². The molecule has 0 atom stereocenters. The first-order valence-corrected chi connectivity index (χ1v) is 22.3. The van der Waals surface area contributed by atoms with Crippen molar-refractivity contribution < 1.29 is 4.42 Å². The van der Waals surface area contributed by atoms with Crippen molar-refractivity contribution in [3.63, 3.8) is 0 Å². The molecule has 4 heteroatoms. The smallest absolute Gasteiger partial charge is 0.198 e. The fourth-order valence-electron chi connectivity index (χ4n) is 11.5. The predicted molar refractivity (Wildman–Crippen MR) is 262 cm³/mol. The van der Waals surface area contributed by atoms with Crippen LogP contribution in [-0.2, 0) is 16.2 Å². The molecule has 1 aromatic heterocycles. The first kappa shape index (κ1) is 37.0. The zero-order valence-corrected chi connectivity index (χ0v) is 36.1. The highest BCUT2D eigenvalue weighted by atomic mass is 16.3. The van der Waals surface area contributed by atoms with Gasteiger partial charge in [-0.25, -0.2) is 0 Å². The summed E-state index contributed by atoms with van der Waals surface area (Å²) in [6, 6.07) is 63.2. The van der Waals surface area contributed by atoms with E-state index in [-0.39, 0.29) is 10.8 Å². The Hall–Kier alpha value is -6.78. The maximum absolute atomic E-state index is 6.98. The van der Waals surface area contributed by atoms with Gasteiger partial charge in [0.05, 0.1) is 16.8 Å². The van der Waals surface area contributed by atoms with Crippen molar-refractivity contribution in [2.45, 2.75) is 63.7 Å². The Morgan fingerprint density at radius 1 is 0.565 bits per heavy atom. The number of furan rings is 1. The Labute approximate surface area is 365 Å². The number of rotatable bonds is 5. The van der Waals surface area contributed by atoms with Crippen molar-refractivity contribution in [1.82, 2.24) is 0 Å². The van der Waals surface area contributed by atoms with Gasteiger partial charge in [-0.3, -0.25) is 0 Å². The number of para-hydroxylation sites is 3. The standard InChI is InChI=1S/C58H49BN2O/c1-36-33-42(52-48(30-28-41-40-21-12-15-26-51(40)62-55(41)52)60-39-27-29-43-46(35-39)57(4,5)32-31-56(43,2)3)53-50(34-36)61-49-25-14-13-22-44(49)58(37-17-8-6-9-18-37,38-19-10-7-11-20-38)45-23-16-24-47(59-53)54(45)61/h6-30,33-35,59-60H,31-32H2,1-5H3. The second kappa shape index (κ2) is 13.4. The second-order valence-corrected chi connectivity index (χ2v) is 19.3. The van der Waals surface area contributed by atoms with Crippen LogP contribution in [0.15, 0.2) is 174 Å². The molecule has 12 rings (SSSR count). The van der Waals surface area contributed by atoms with Gasteiger partial charge in [-0.05, 0) is 123 Å². The molecule has 1 aliphatic carbocycles. The lowest BCUT2D eigenvalue weighted by Crippen LogP contribution is -2.47. The van der Waals surface area contributed by atoms with Crippen LogP contribution < -0.4 is 21.1 Å². The lowest BCUT2D eigenvalue weighted by Gasteiger charge is -2.49. The van der Waals surface area contributed by atoms with E-state index >= 15 is 0 Å². The van der Waals surface area contributed by atoms with Crippen molar-refractivity contribution >= 4 is 68.6 Å². The normalized spacial score (nSPS) is 16.2. The molecular weight excluding hydrogens is 751 g/mol. The molecule has 0 unspecified atom stereocenters. The lowest BCUT2D eigenvalue weighted by molar-refractivity contribution is 0.332. The molecule has 3 nitrogen and oxygen atoms in total. The molecule has 3 heterocycles. The van der Waals surface area contributed by atoms with Gasteiger partial charge in [-0.15, -0.1) is 0 Å². The molecule has 8 aromatic carbocycles. The maximum Gasteiger partial charge on any atom is 0.198 e. The highest BCUT2D eigenvalue weighted by molar-refractivity contribution is 6.73. The molecule has 0 radical (unpaired) electrons. The van der Waals surface area contributed by atoms with E-state index in [0.717, 1.165) is 46.2 Å². The molecule has 300 valence electrons. The number of benzene rings is 8. The van der Waals surface area contributed by atoms with Gasteiger partial charge in [-0.1, -0.05) is 161 Å². The number of anilines is 5. The van der Waals surface area contributed by atoms with Gasteiger partial charge in [-0.2, -0.15) is 0 Å².